The fraction of sp³-hybridized carbons (Fsp3) is 0.346. The number of nitrogens with one attached hydrogen (secondary N) is 1. The first-order valence-electron chi connectivity index (χ1n) is 12.1. The number of hydroxylamine groups is 1. The molecule has 14 heteroatoms. The molecule has 0 radical (unpaired) electrons. The lowest BCUT2D eigenvalue weighted by atomic mass is 9.97. The SMILES string of the molecule is CC(C)[C@H](N)C(=O)OCON(N)/C=C(\N)C(=O)N[C@H](Cc1ccc(-c2cc(Cl)ccc2F)cc1)C[C@@H](O)C(=O)O. The van der Waals surface area contributed by atoms with Gasteiger partial charge in [0.2, 0.25) is 6.79 Å². The van der Waals surface area contributed by atoms with Gasteiger partial charge in [-0.25, -0.2) is 19.9 Å². The van der Waals surface area contributed by atoms with Crippen molar-refractivity contribution in [3.8, 4) is 11.1 Å². The van der Waals surface area contributed by atoms with E-state index < -0.39 is 54.3 Å². The molecule has 0 aliphatic rings. The van der Waals surface area contributed by atoms with Crippen LogP contribution in [-0.4, -0.2) is 58.2 Å². The zero-order valence-electron chi connectivity index (χ0n) is 21.9. The Labute approximate surface area is 235 Å². The molecule has 0 saturated carbocycles. The van der Waals surface area contributed by atoms with Crippen molar-refractivity contribution in [1.82, 2.24) is 10.5 Å². The van der Waals surface area contributed by atoms with E-state index in [9.17, 15) is 23.9 Å². The lowest BCUT2D eigenvalue weighted by Crippen LogP contribution is -2.43. The molecule has 12 nitrogen and oxygen atoms in total. The molecule has 1 amide bonds. The Bertz CT molecular complexity index is 1210. The number of esters is 1. The molecule has 40 heavy (non-hydrogen) atoms. The highest BCUT2D eigenvalue weighted by Gasteiger charge is 2.23. The minimum Gasteiger partial charge on any atom is -0.479 e. The Balaban J connectivity index is 2.06. The van der Waals surface area contributed by atoms with E-state index in [2.05, 4.69) is 5.32 Å². The Morgan fingerprint density at radius 3 is 2.42 bits per heavy atom. The highest BCUT2D eigenvalue weighted by molar-refractivity contribution is 6.30. The number of nitrogens with two attached hydrogens (primary N) is 3. The third-order valence-electron chi connectivity index (χ3n) is 5.73. The van der Waals surface area contributed by atoms with Gasteiger partial charge >= 0.3 is 11.9 Å². The molecule has 0 fully saturated rings. The van der Waals surface area contributed by atoms with Gasteiger partial charge in [0.15, 0.2) is 6.10 Å². The molecular weight excluding hydrogens is 549 g/mol. The minimum absolute atomic E-state index is 0.108. The Hall–Kier alpha value is -3.75. The van der Waals surface area contributed by atoms with Gasteiger partial charge in [-0.15, -0.1) is 0 Å². The summed E-state index contributed by atoms with van der Waals surface area (Å²) in [6.45, 7) is 2.89. The summed E-state index contributed by atoms with van der Waals surface area (Å²) in [4.78, 5) is 40.6. The van der Waals surface area contributed by atoms with E-state index in [1.165, 1.54) is 18.2 Å². The lowest BCUT2D eigenvalue weighted by molar-refractivity contribution is -0.206. The Morgan fingerprint density at radius 1 is 1.18 bits per heavy atom. The zero-order chi connectivity index (χ0) is 30.0. The highest BCUT2D eigenvalue weighted by Crippen LogP contribution is 2.26. The van der Waals surface area contributed by atoms with Crippen LogP contribution in [0.25, 0.3) is 11.1 Å². The summed E-state index contributed by atoms with van der Waals surface area (Å²) < 4.78 is 19.0. The van der Waals surface area contributed by atoms with E-state index in [1.807, 2.05) is 0 Å². The number of carboxylic acids is 1. The van der Waals surface area contributed by atoms with Crippen molar-refractivity contribution in [2.24, 2.45) is 23.2 Å². The number of carbonyl (C=O) groups excluding carboxylic acids is 2. The molecule has 0 bridgehead atoms. The molecule has 2 aromatic carbocycles. The van der Waals surface area contributed by atoms with E-state index in [0.29, 0.717) is 26.9 Å². The zero-order valence-corrected chi connectivity index (χ0v) is 22.7. The molecular formula is C26H33ClFN5O7. The number of nitrogens with zero attached hydrogens (tertiary/aromatic N) is 1. The summed E-state index contributed by atoms with van der Waals surface area (Å²) in [7, 11) is 0. The van der Waals surface area contributed by atoms with Crippen molar-refractivity contribution >= 4 is 29.4 Å². The number of carboxylic acid groups (broad SMARTS) is 1. The van der Waals surface area contributed by atoms with E-state index in [1.54, 1.807) is 38.1 Å². The standard InChI is InChI=1S/C26H33ClFN5O7/c1-14(2)23(30)26(38)39-13-40-33(31)12-21(29)24(35)32-18(11-22(34)25(36)37)9-15-3-5-16(6-4-15)19-10-17(27)7-8-20(19)28/h3-8,10,12,14,18,22-23,34H,9,11,13,29-31H2,1-2H3,(H,32,35)(H,36,37)/b21-12-/t18-,22-,23+/m1/s1. The molecule has 0 saturated heterocycles. The maximum atomic E-state index is 14.2. The van der Waals surface area contributed by atoms with Crippen LogP contribution < -0.4 is 22.6 Å². The van der Waals surface area contributed by atoms with E-state index in [4.69, 9.17) is 43.6 Å². The Morgan fingerprint density at radius 2 is 1.82 bits per heavy atom. The van der Waals surface area contributed by atoms with Crippen LogP contribution in [0.15, 0.2) is 54.4 Å². The van der Waals surface area contributed by atoms with Gasteiger partial charge in [-0.1, -0.05) is 49.7 Å². The van der Waals surface area contributed by atoms with Gasteiger partial charge in [-0.2, -0.15) is 5.17 Å². The van der Waals surface area contributed by atoms with Crippen LogP contribution in [0.3, 0.4) is 0 Å². The van der Waals surface area contributed by atoms with Crippen LogP contribution in [-0.2, 0) is 30.4 Å². The molecule has 0 spiro atoms. The number of aliphatic hydroxyl groups excluding tert-OH is 1. The van der Waals surface area contributed by atoms with Gasteiger partial charge in [-0.05, 0) is 41.7 Å². The number of carbonyl (C=O) groups is 3. The average Bonchev–Trinajstić information content (AvgIpc) is 2.89. The van der Waals surface area contributed by atoms with Crippen molar-refractivity contribution < 1.29 is 38.6 Å². The molecule has 0 unspecified atom stereocenters. The summed E-state index contributed by atoms with van der Waals surface area (Å²) in [5, 5.41) is 22.5. The van der Waals surface area contributed by atoms with Gasteiger partial charge in [0.1, 0.15) is 17.6 Å². The number of hydrogen-bond acceptors (Lipinski definition) is 10. The van der Waals surface area contributed by atoms with E-state index >= 15 is 0 Å². The highest BCUT2D eigenvalue weighted by atomic mass is 35.5. The molecule has 2 aromatic rings. The predicted molar refractivity (Wildman–Crippen MR) is 144 cm³/mol. The summed E-state index contributed by atoms with van der Waals surface area (Å²) in [6.07, 6.45) is -1.09. The fourth-order valence-corrected chi connectivity index (χ4v) is 3.57. The number of amides is 1. The second-order valence-electron chi connectivity index (χ2n) is 9.21. The van der Waals surface area contributed by atoms with Crippen molar-refractivity contribution in [2.45, 2.75) is 44.9 Å². The van der Waals surface area contributed by atoms with Crippen molar-refractivity contribution in [3.63, 3.8) is 0 Å². The summed E-state index contributed by atoms with van der Waals surface area (Å²) >= 11 is 5.97. The van der Waals surface area contributed by atoms with Crippen LogP contribution in [0.1, 0.15) is 25.8 Å². The largest absolute Gasteiger partial charge is 0.479 e. The third kappa shape index (κ3) is 10.1. The number of aliphatic carboxylic acids is 1. The first-order valence-corrected chi connectivity index (χ1v) is 12.5. The smallest absolute Gasteiger partial charge is 0.332 e. The van der Waals surface area contributed by atoms with Gasteiger partial charge in [0.25, 0.3) is 5.91 Å². The minimum atomic E-state index is -1.77. The second kappa shape index (κ2) is 15.1. The van der Waals surface area contributed by atoms with Crippen LogP contribution in [0.5, 0.6) is 0 Å². The molecule has 9 N–H and O–H groups in total. The molecule has 0 aliphatic heterocycles. The first kappa shape index (κ1) is 32.5. The van der Waals surface area contributed by atoms with Crippen molar-refractivity contribution in [3.05, 3.63) is 70.8 Å². The fourth-order valence-electron chi connectivity index (χ4n) is 3.40. The van der Waals surface area contributed by atoms with Gasteiger partial charge < -0.3 is 31.7 Å². The monoisotopic (exact) mass is 581 g/mol. The molecule has 0 aliphatic carbocycles. The van der Waals surface area contributed by atoms with Crippen LogP contribution in [0.4, 0.5) is 4.39 Å². The van der Waals surface area contributed by atoms with Gasteiger partial charge in [0.05, 0.1) is 6.20 Å². The first-order chi connectivity index (χ1) is 18.8. The molecule has 0 aromatic heterocycles. The maximum Gasteiger partial charge on any atom is 0.332 e. The number of benzene rings is 2. The maximum absolute atomic E-state index is 14.2. The molecule has 3 atom stereocenters. The average molecular weight is 582 g/mol. The quantitative estimate of drug-likeness (QED) is 0.0618. The van der Waals surface area contributed by atoms with E-state index in [-0.39, 0.29) is 18.8 Å². The number of halogens is 2. The van der Waals surface area contributed by atoms with Crippen LogP contribution in [0, 0.1) is 11.7 Å². The normalized spacial score (nSPS) is 13.8. The number of ether oxygens (including phenoxy) is 1. The molecule has 2 rings (SSSR count). The summed E-state index contributed by atoms with van der Waals surface area (Å²) in [5.74, 6) is 1.97. The Kier molecular flexibility index (Phi) is 12.3. The van der Waals surface area contributed by atoms with Crippen LogP contribution in [0.2, 0.25) is 5.02 Å². The molecule has 218 valence electrons. The third-order valence-corrected chi connectivity index (χ3v) is 5.96. The summed E-state index contributed by atoms with van der Waals surface area (Å²) in [5.41, 5.74) is 12.5. The van der Waals surface area contributed by atoms with Gasteiger partial charge in [0, 0.05) is 23.0 Å². The van der Waals surface area contributed by atoms with E-state index in [0.717, 1.165) is 6.20 Å². The number of hydrazine groups is 1. The number of aliphatic hydroxyl groups is 1. The van der Waals surface area contributed by atoms with Gasteiger partial charge in [-0.3, -0.25) is 9.59 Å². The second-order valence-corrected chi connectivity index (χ2v) is 9.65. The van der Waals surface area contributed by atoms with Crippen LogP contribution >= 0.6 is 11.6 Å². The number of hydrogen-bond donors (Lipinski definition) is 6. The topological polar surface area (TPSA) is 203 Å². The summed E-state index contributed by atoms with van der Waals surface area (Å²) in [6, 6.07) is 9.09. The van der Waals surface area contributed by atoms with Crippen molar-refractivity contribution in [1.29, 1.82) is 0 Å². The number of rotatable bonds is 14. The molecule has 0 heterocycles. The van der Waals surface area contributed by atoms with Crippen molar-refractivity contribution in [2.75, 3.05) is 6.79 Å². The predicted octanol–water partition coefficient (Wildman–Crippen LogP) is 1.40. The lowest BCUT2D eigenvalue weighted by Gasteiger charge is -2.21.